The van der Waals surface area contributed by atoms with Crippen LogP contribution >= 0.6 is 11.3 Å². The van der Waals surface area contributed by atoms with Crippen LogP contribution in [0.25, 0.3) is 21.4 Å². The number of primary amides is 1. The van der Waals surface area contributed by atoms with Gasteiger partial charge in [0.2, 0.25) is 11.3 Å². The molecule has 6 nitrogen and oxygen atoms in total. The summed E-state index contributed by atoms with van der Waals surface area (Å²) in [5, 5.41) is 1.93. The Morgan fingerprint density at radius 1 is 1.06 bits per heavy atom. The molecule has 3 heterocycles. The Morgan fingerprint density at radius 3 is 2.59 bits per heavy atom. The van der Waals surface area contributed by atoms with E-state index in [4.69, 9.17) is 14.9 Å². The fraction of sp³-hybridized carbons (Fsp3) is 0.200. The first kappa shape index (κ1) is 20.5. The van der Waals surface area contributed by atoms with Crippen molar-refractivity contribution in [3.05, 3.63) is 86.9 Å². The summed E-state index contributed by atoms with van der Waals surface area (Å²) < 4.78 is 12.2. The van der Waals surface area contributed by atoms with Crippen LogP contribution in [0, 0.1) is 0 Å². The molecule has 1 saturated heterocycles. The van der Waals surface area contributed by atoms with Gasteiger partial charge in [-0.25, -0.2) is 0 Å². The molecule has 162 valence electrons. The van der Waals surface area contributed by atoms with Gasteiger partial charge in [-0.2, -0.15) is 0 Å². The molecule has 5 rings (SSSR count). The standard InChI is InChI=1S/C25H22N2O4S/c26-25(29)19-7-6-17(13-18(19)12-16-4-2-1-3-5-16)20-15-32-24-21(28)14-22(31-23(20)24)27-8-10-30-11-9-27/h1-7,13-15H,8-12H2,(H2,26,29). The first-order chi connectivity index (χ1) is 15.6. The van der Waals surface area contributed by atoms with Gasteiger partial charge in [0.25, 0.3) is 0 Å². The molecule has 2 N–H and O–H groups in total. The average Bonchev–Trinajstić information content (AvgIpc) is 3.25. The lowest BCUT2D eigenvalue weighted by Gasteiger charge is -2.27. The number of rotatable bonds is 5. The number of hydrogen-bond acceptors (Lipinski definition) is 6. The van der Waals surface area contributed by atoms with Crippen molar-refractivity contribution in [1.82, 2.24) is 0 Å². The van der Waals surface area contributed by atoms with Crippen LogP contribution in [0.3, 0.4) is 0 Å². The summed E-state index contributed by atoms with van der Waals surface area (Å²) in [4.78, 5) is 26.8. The molecular formula is C25H22N2O4S. The van der Waals surface area contributed by atoms with Crippen LogP contribution in [-0.2, 0) is 11.2 Å². The molecule has 7 heteroatoms. The van der Waals surface area contributed by atoms with Gasteiger partial charge in [-0.15, -0.1) is 11.3 Å². The van der Waals surface area contributed by atoms with Gasteiger partial charge in [-0.3, -0.25) is 9.59 Å². The molecule has 1 fully saturated rings. The highest BCUT2D eigenvalue weighted by Gasteiger charge is 2.19. The highest BCUT2D eigenvalue weighted by Crippen LogP contribution is 2.35. The Morgan fingerprint density at radius 2 is 1.84 bits per heavy atom. The van der Waals surface area contributed by atoms with E-state index < -0.39 is 5.91 Å². The smallest absolute Gasteiger partial charge is 0.248 e. The number of benzene rings is 2. The topological polar surface area (TPSA) is 85.8 Å². The maximum absolute atomic E-state index is 12.8. The maximum atomic E-state index is 12.8. The molecule has 2 aromatic heterocycles. The Kier molecular flexibility index (Phi) is 5.51. The lowest BCUT2D eigenvalue weighted by atomic mass is 9.95. The quantitative estimate of drug-likeness (QED) is 0.500. The average molecular weight is 447 g/mol. The number of carbonyl (C=O) groups excluding carboxylic acids is 1. The van der Waals surface area contributed by atoms with Gasteiger partial charge < -0.3 is 19.8 Å². The fourth-order valence-corrected chi connectivity index (χ4v) is 4.95. The molecule has 1 aliphatic heterocycles. The third kappa shape index (κ3) is 3.92. The normalized spacial score (nSPS) is 14.1. The monoisotopic (exact) mass is 446 g/mol. The minimum absolute atomic E-state index is 0.0535. The molecule has 2 aromatic carbocycles. The number of anilines is 1. The number of carbonyl (C=O) groups is 1. The number of ether oxygens (including phenoxy) is 1. The van der Waals surface area contributed by atoms with Gasteiger partial charge in [0.05, 0.1) is 13.2 Å². The summed E-state index contributed by atoms with van der Waals surface area (Å²) in [5.74, 6) is 0.0995. The summed E-state index contributed by atoms with van der Waals surface area (Å²) in [6.45, 7) is 2.58. The molecule has 0 bridgehead atoms. The molecule has 0 spiro atoms. The van der Waals surface area contributed by atoms with Gasteiger partial charge in [0, 0.05) is 35.7 Å². The SMILES string of the molecule is NC(=O)c1ccc(-c2csc3c(=O)cc(N4CCOCC4)oc23)cc1Cc1ccccc1. The van der Waals surface area contributed by atoms with Crippen molar-refractivity contribution in [1.29, 1.82) is 0 Å². The zero-order chi connectivity index (χ0) is 22.1. The van der Waals surface area contributed by atoms with Crippen molar-refractivity contribution in [2.75, 3.05) is 31.2 Å². The second-order valence-electron chi connectivity index (χ2n) is 7.75. The maximum Gasteiger partial charge on any atom is 0.248 e. The number of amides is 1. The van der Waals surface area contributed by atoms with E-state index in [0.29, 0.717) is 54.5 Å². The van der Waals surface area contributed by atoms with Crippen LogP contribution in [0.2, 0.25) is 0 Å². The Hall–Kier alpha value is -3.42. The van der Waals surface area contributed by atoms with Gasteiger partial charge in [-0.05, 0) is 35.2 Å². The predicted molar refractivity (Wildman–Crippen MR) is 127 cm³/mol. The summed E-state index contributed by atoms with van der Waals surface area (Å²) in [6.07, 6.45) is 0.581. The minimum Gasteiger partial charge on any atom is -0.439 e. The molecule has 0 aliphatic carbocycles. The zero-order valence-electron chi connectivity index (χ0n) is 17.4. The van der Waals surface area contributed by atoms with Crippen LogP contribution in [0.15, 0.2) is 69.2 Å². The molecule has 1 aliphatic rings. The molecular weight excluding hydrogens is 424 g/mol. The van der Waals surface area contributed by atoms with Crippen molar-refractivity contribution < 1.29 is 13.9 Å². The third-order valence-electron chi connectivity index (χ3n) is 5.67. The lowest BCUT2D eigenvalue weighted by Crippen LogP contribution is -2.36. The van der Waals surface area contributed by atoms with E-state index in [-0.39, 0.29) is 5.43 Å². The van der Waals surface area contributed by atoms with E-state index in [1.54, 1.807) is 12.1 Å². The number of fused-ring (bicyclic) bond motifs is 1. The van der Waals surface area contributed by atoms with E-state index >= 15 is 0 Å². The van der Waals surface area contributed by atoms with E-state index in [0.717, 1.165) is 22.3 Å². The largest absolute Gasteiger partial charge is 0.439 e. The van der Waals surface area contributed by atoms with E-state index in [1.165, 1.54) is 11.3 Å². The van der Waals surface area contributed by atoms with Gasteiger partial charge in [0.15, 0.2) is 11.5 Å². The highest BCUT2D eigenvalue weighted by atomic mass is 32.1. The molecule has 0 saturated carbocycles. The lowest BCUT2D eigenvalue weighted by molar-refractivity contribution is 0.0999. The summed E-state index contributed by atoms with van der Waals surface area (Å²) in [7, 11) is 0. The second-order valence-corrected chi connectivity index (χ2v) is 8.63. The fourth-order valence-electron chi connectivity index (χ4n) is 4.03. The van der Waals surface area contributed by atoms with Gasteiger partial charge in [-0.1, -0.05) is 36.4 Å². The Balaban J connectivity index is 1.60. The number of morpholine rings is 1. The zero-order valence-corrected chi connectivity index (χ0v) is 18.2. The van der Waals surface area contributed by atoms with Crippen molar-refractivity contribution in [2.45, 2.75) is 6.42 Å². The van der Waals surface area contributed by atoms with Crippen LogP contribution in [0.4, 0.5) is 5.88 Å². The number of nitrogens with zero attached hydrogens (tertiary/aromatic N) is 1. The van der Waals surface area contributed by atoms with E-state index in [9.17, 15) is 9.59 Å². The number of hydrogen-bond donors (Lipinski definition) is 1. The van der Waals surface area contributed by atoms with Crippen molar-refractivity contribution in [2.24, 2.45) is 5.73 Å². The Labute approximate surface area is 188 Å². The molecule has 0 atom stereocenters. The molecule has 1 amide bonds. The molecule has 32 heavy (non-hydrogen) atoms. The number of thiophene rings is 1. The molecule has 0 radical (unpaired) electrons. The van der Waals surface area contributed by atoms with E-state index in [1.807, 2.05) is 52.7 Å². The summed E-state index contributed by atoms with van der Waals surface area (Å²) in [5.41, 5.74) is 10.3. The first-order valence-corrected chi connectivity index (χ1v) is 11.3. The van der Waals surface area contributed by atoms with Crippen molar-refractivity contribution >= 4 is 33.4 Å². The third-order valence-corrected chi connectivity index (χ3v) is 6.65. The van der Waals surface area contributed by atoms with Crippen molar-refractivity contribution in [3.8, 4) is 11.1 Å². The molecule has 4 aromatic rings. The highest BCUT2D eigenvalue weighted by molar-refractivity contribution is 7.17. The van der Waals surface area contributed by atoms with Gasteiger partial charge >= 0.3 is 0 Å². The van der Waals surface area contributed by atoms with Crippen molar-refractivity contribution in [3.63, 3.8) is 0 Å². The second kappa shape index (κ2) is 8.61. The van der Waals surface area contributed by atoms with E-state index in [2.05, 4.69) is 0 Å². The number of nitrogens with two attached hydrogens (primary N) is 1. The minimum atomic E-state index is -0.459. The van der Waals surface area contributed by atoms with Crippen LogP contribution in [0.1, 0.15) is 21.5 Å². The van der Waals surface area contributed by atoms with Crippen LogP contribution < -0.4 is 16.1 Å². The molecule has 0 unspecified atom stereocenters. The van der Waals surface area contributed by atoms with Crippen LogP contribution in [-0.4, -0.2) is 32.2 Å². The summed E-state index contributed by atoms with van der Waals surface area (Å²) in [6, 6.07) is 17.1. The summed E-state index contributed by atoms with van der Waals surface area (Å²) >= 11 is 1.37. The van der Waals surface area contributed by atoms with Crippen LogP contribution in [0.5, 0.6) is 0 Å². The van der Waals surface area contributed by atoms with Gasteiger partial charge in [0.1, 0.15) is 4.70 Å². The Bertz CT molecular complexity index is 1340. The first-order valence-electron chi connectivity index (χ1n) is 10.5. The predicted octanol–water partition coefficient (Wildman–Crippen LogP) is 4.05.